The van der Waals surface area contributed by atoms with E-state index in [0.717, 1.165) is 6.07 Å². The highest BCUT2D eigenvalue weighted by Crippen LogP contribution is 2.24. The fourth-order valence-electron chi connectivity index (χ4n) is 2.09. The average Bonchev–Trinajstić information content (AvgIpc) is 2.45. The first-order chi connectivity index (χ1) is 10.5. The van der Waals surface area contributed by atoms with Crippen molar-refractivity contribution in [3.8, 4) is 5.75 Å². The quantitative estimate of drug-likeness (QED) is 0.886. The third-order valence-corrected chi connectivity index (χ3v) is 3.43. The lowest BCUT2D eigenvalue weighted by atomic mass is 10.2. The predicted octanol–water partition coefficient (Wildman–Crippen LogP) is 1.56. The van der Waals surface area contributed by atoms with Gasteiger partial charge in [0.05, 0.1) is 24.2 Å². The molecule has 8 heteroatoms. The molecule has 1 amide bonds. The van der Waals surface area contributed by atoms with Crippen LogP contribution < -0.4 is 4.74 Å². The number of hydrogen-bond donors (Lipinski definition) is 1. The van der Waals surface area contributed by atoms with Crippen LogP contribution in [0.5, 0.6) is 5.75 Å². The topological polar surface area (TPSA) is 76.1 Å². The lowest BCUT2D eigenvalue weighted by Gasteiger charge is -2.32. The summed E-state index contributed by atoms with van der Waals surface area (Å²) in [5, 5.41) is 8.82. The number of carbonyl (C=O) groups is 2. The zero-order chi connectivity index (χ0) is 16.1. The molecule has 1 fully saturated rings. The summed E-state index contributed by atoms with van der Waals surface area (Å²) < 4.78 is 23.5. The van der Waals surface area contributed by atoms with Gasteiger partial charge in [0, 0.05) is 13.1 Å². The summed E-state index contributed by atoms with van der Waals surface area (Å²) in [6, 6.07) is 3.62. The first-order valence-electron chi connectivity index (χ1n) is 6.64. The lowest BCUT2D eigenvalue weighted by Crippen LogP contribution is -2.47. The van der Waals surface area contributed by atoms with E-state index < -0.39 is 17.9 Å². The highest BCUT2D eigenvalue weighted by Gasteiger charge is 2.26. The number of carbonyl (C=O) groups excluding carboxylic acids is 1. The smallest absolute Gasteiger partial charge is 0.306 e. The maximum atomic E-state index is 12.9. The number of ether oxygens (including phenoxy) is 2. The second kappa shape index (κ2) is 7.42. The number of carboxylic acid groups (broad SMARTS) is 1. The molecule has 0 aliphatic carbocycles. The monoisotopic (exact) mass is 331 g/mol. The van der Waals surface area contributed by atoms with Gasteiger partial charge < -0.3 is 19.5 Å². The zero-order valence-corrected chi connectivity index (χ0v) is 12.4. The third kappa shape index (κ3) is 4.57. The summed E-state index contributed by atoms with van der Waals surface area (Å²) in [5.74, 6) is -1.56. The van der Waals surface area contributed by atoms with Gasteiger partial charge in [-0.25, -0.2) is 4.39 Å². The van der Waals surface area contributed by atoms with Crippen molar-refractivity contribution in [1.29, 1.82) is 0 Å². The lowest BCUT2D eigenvalue weighted by molar-refractivity contribution is -0.148. The van der Waals surface area contributed by atoms with Gasteiger partial charge in [-0.3, -0.25) is 9.59 Å². The van der Waals surface area contributed by atoms with Crippen LogP contribution in [0.1, 0.15) is 6.42 Å². The maximum absolute atomic E-state index is 12.9. The van der Waals surface area contributed by atoms with E-state index in [-0.39, 0.29) is 42.9 Å². The predicted molar refractivity (Wildman–Crippen MR) is 75.5 cm³/mol. The van der Waals surface area contributed by atoms with E-state index in [4.69, 9.17) is 26.2 Å². The van der Waals surface area contributed by atoms with Crippen molar-refractivity contribution in [3.63, 3.8) is 0 Å². The Balaban J connectivity index is 1.87. The average molecular weight is 332 g/mol. The molecule has 0 bridgehead atoms. The van der Waals surface area contributed by atoms with E-state index in [0.29, 0.717) is 6.54 Å². The van der Waals surface area contributed by atoms with Crippen LogP contribution in [0.2, 0.25) is 5.02 Å². The van der Waals surface area contributed by atoms with Crippen molar-refractivity contribution in [1.82, 2.24) is 4.90 Å². The standard InChI is InChI=1S/C14H15ClFNO5/c15-11-5-9(16)1-2-12(11)22-8-13(18)17-3-4-21-10(7-17)6-14(19)20/h1-2,5,10H,3-4,6-8H2,(H,19,20)/t10-/m1/s1. The van der Waals surface area contributed by atoms with Crippen LogP contribution in [0.3, 0.4) is 0 Å². The Morgan fingerprint density at radius 1 is 1.50 bits per heavy atom. The Kier molecular flexibility index (Phi) is 5.57. The van der Waals surface area contributed by atoms with Crippen molar-refractivity contribution < 1.29 is 28.6 Å². The van der Waals surface area contributed by atoms with Crippen molar-refractivity contribution in [3.05, 3.63) is 29.0 Å². The van der Waals surface area contributed by atoms with E-state index in [1.165, 1.54) is 17.0 Å². The number of rotatable bonds is 5. The number of carboxylic acids is 1. The molecule has 120 valence electrons. The molecule has 1 saturated heterocycles. The van der Waals surface area contributed by atoms with Gasteiger partial charge in [0.1, 0.15) is 11.6 Å². The highest BCUT2D eigenvalue weighted by molar-refractivity contribution is 6.32. The van der Waals surface area contributed by atoms with Gasteiger partial charge in [0.25, 0.3) is 5.91 Å². The van der Waals surface area contributed by atoms with Gasteiger partial charge in [-0.2, -0.15) is 0 Å². The fraction of sp³-hybridized carbons (Fsp3) is 0.429. The van der Waals surface area contributed by atoms with E-state index in [1.807, 2.05) is 0 Å². The number of morpholine rings is 1. The number of nitrogens with zero attached hydrogens (tertiary/aromatic N) is 1. The fourth-order valence-corrected chi connectivity index (χ4v) is 2.31. The zero-order valence-electron chi connectivity index (χ0n) is 11.6. The molecule has 1 N–H and O–H groups in total. The first-order valence-corrected chi connectivity index (χ1v) is 7.02. The summed E-state index contributed by atoms with van der Waals surface area (Å²) >= 11 is 5.80. The van der Waals surface area contributed by atoms with E-state index >= 15 is 0 Å². The SMILES string of the molecule is O=C(O)C[C@@H]1CN(C(=O)COc2ccc(F)cc2Cl)CCO1. The van der Waals surface area contributed by atoms with Gasteiger partial charge in [-0.05, 0) is 18.2 Å². The van der Waals surface area contributed by atoms with Gasteiger partial charge in [0.2, 0.25) is 0 Å². The molecule has 1 atom stereocenters. The van der Waals surface area contributed by atoms with Crippen LogP contribution in [0, 0.1) is 5.82 Å². The molecule has 0 aromatic heterocycles. The number of halogens is 2. The van der Waals surface area contributed by atoms with Gasteiger partial charge in [-0.1, -0.05) is 11.6 Å². The van der Waals surface area contributed by atoms with E-state index in [2.05, 4.69) is 0 Å². The van der Waals surface area contributed by atoms with Crippen LogP contribution in [-0.4, -0.2) is 54.3 Å². The van der Waals surface area contributed by atoms with Crippen molar-refractivity contribution in [2.24, 2.45) is 0 Å². The normalized spacial score (nSPS) is 18.1. The largest absolute Gasteiger partial charge is 0.482 e. The number of benzene rings is 1. The molecule has 6 nitrogen and oxygen atoms in total. The molecule has 22 heavy (non-hydrogen) atoms. The van der Waals surface area contributed by atoms with E-state index in [9.17, 15) is 14.0 Å². The molecular weight excluding hydrogens is 317 g/mol. The molecule has 1 aromatic carbocycles. The molecule has 0 spiro atoms. The minimum Gasteiger partial charge on any atom is -0.482 e. The molecular formula is C14H15ClFNO5. The van der Waals surface area contributed by atoms with Crippen molar-refractivity contribution >= 4 is 23.5 Å². The molecule has 0 saturated carbocycles. The first kappa shape index (κ1) is 16.5. The molecule has 1 aromatic rings. The minimum absolute atomic E-state index is 0.0820. The summed E-state index contributed by atoms with van der Waals surface area (Å²) in [6.07, 6.45) is -0.682. The Morgan fingerprint density at radius 2 is 2.27 bits per heavy atom. The molecule has 1 aliphatic rings. The van der Waals surface area contributed by atoms with Gasteiger partial charge in [0.15, 0.2) is 6.61 Å². The Bertz CT molecular complexity index is 568. The van der Waals surface area contributed by atoms with Gasteiger partial charge in [-0.15, -0.1) is 0 Å². The molecule has 0 radical (unpaired) electrons. The maximum Gasteiger partial charge on any atom is 0.306 e. The van der Waals surface area contributed by atoms with Gasteiger partial charge >= 0.3 is 5.97 Å². The summed E-state index contributed by atoms with van der Waals surface area (Å²) in [5.41, 5.74) is 0. The molecule has 1 heterocycles. The van der Waals surface area contributed by atoms with Crippen molar-refractivity contribution in [2.45, 2.75) is 12.5 Å². The summed E-state index contributed by atoms with van der Waals surface area (Å²) in [6.45, 7) is 0.591. The van der Waals surface area contributed by atoms with Crippen LogP contribution in [0.15, 0.2) is 18.2 Å². The van der Waals surface area contributed by atoms with Crippen LogP contribution in [0.4, 0.5) is 4.39 Å². The second-order valence-corrected chi connectivity index (χ2v) is 5.20. The van der Waals surface area contributed by atoms with E-state index in [1.54, 1.807) is 0 Å². The number of amides is 1. The Labute approximate surface area is 131 Å². The van der Waals surface area contributed by atoms with Crippen LogP contribution in [0.25, 0.3) is 0 Å². The highest BCUT2D eigenvalue weighted by atomic mass is 35.5. The van der Waals surface area contributed by atoms with Crippen LogP contribution in [-0.2, 0) is 14.3 Å². The second-order valence-electron chi connectivity index (χ2n) is 4.79. The summed E-state index contributed by atoms with van der Waals surface area (Å²) in [4.78, 5) is 24.2. The molecule has 1 aliphatic heterocycles. The number of aliphatic carboxylic acids is 1. The van der Waals surface area contributed by atoms with Crippen molar-refractivity contribution in [2.75, 3.05) is 26.3 Å². The van der Waals surface area contributed by atoms with Crippen LogP contribution >= 0.6 is 11.6 Å². The number of hydrogen-bond acceptors (Lipinski definition) is 4. The Morgan fingerprint density at radius 3 is 2.95 bits per heavy atom. The summed E-state index contributed by atoms with van der Waals surface area (Å²) in [7, 11) is 0. The minimum atomic E-state index is -0.978. The Hall–Kier alpha value is -1.86. The molecule has 0 unspecified atom stereocenters. The molecule has 2 rings (SSSR count). The third-order valence-electron chi connectivity index (χ3n) is 3.14.